The van der Waals surface area contributed by atoms with Gasteiger partial charge in [0.1, 0.15) is 12.1 Å². The van der Waals surface area contributed by atoms with Crippen molar-refractivity contribution < 1.29 is 14.3 Å². The summed E-state index contributed by atoms with van der Waals surface area (Å²) in [5.41, 5.74) is 1.04. The Kier molecular flexibility index (Phi) is 7.02. The summed E-state index contributed by atoms with van der Waals surface area (Å²) in [5.74, 6) is 0.250. The van der Waals surface area contributed by atoms with Crippen molar-refractivity contribution in [3.63, 3.8) is 0 Å². The first kappa shape index (κ1) is 18.5. The number of esters is 1. The van der Waals surface area contributed by atoms with Gasteiger partial charge in [0.25, 0.3) is 0 Å². The molecule has 0 fully saturated rings. The van der Waals surface area contributed by atoms with Gasteiger partial charge >= 0.3 is 5.97 Å². The van der Waals surface area contributed by atoms with Crippen LogP contribution in [0.2, 0.25) is 0 Å². The van der Waals surface area contributed by atoms with E-state index in [1.807, 2.05) is 24.3 Å². The molecule has 1 atom stereocenters. The Morgan fingerprint density at radius 1 is 1.32 bits per heavy atom. The second kappa shape index (κ2) is 9.48. The Labute approximate surface area is 148 Å². The predicted octanol–water partition coefficient (Wildman–Crippen LogP) is 3.76. The van der Waals surface area contributed by atoms with Crippen LogP contribution in [0, 0.1) is 17.2 Å². The molecule has 1 aromatic carbocycles. The Morgan fingerprint density at radius 3 is 2.84 bits per heavy atom. The third kappa shape index (κ3) is 5.08. The summed E-state index contributed by atoms with van der Waals surface area (Å²) in [7, 11) is 0. The zero-order valence-electron chi connectivity index (χ0n) is 14.6. The van der Waals surface area contributed by atoms with E-state index in [1.54, 1.807) is 24.0 Å². The summed E-state index contributed by atoms with van der Waals surface area (Å²) in [6.07, 6.45) is 5.74. The van der Waals surface area contributed by atoms with E-state index < -0.39 is 5.97 Å². The number of benzene rings is 1. The second-order valence-corrected chi connectivity index (χ2v) is 5.61. The van der Waals surface area contributed by atoms with Crippen LogP contribution in [0.25, 0.3) is 5.69 Å². The molecule has 2 rings (SSSR count). The summed E-state index contributed by atoms with van der Waals surface area (Å²) in [6.45, 7) is 4.60. The van der Waals surface area contributed by atoms with Gasteiger partial charge in [0.15, 0.2) is 5.69 Å². The fourth-order valence-electron chi connectivity index (χ4n) is 2.49. The van der Waals surface area contributed by atoms with Crippen molar-refractivity contribution in [2.24, 2.45) is 5.92 Å². The van der Waals surface area contributed by atoms with Crippen molar-refractivity contribution in [2.75, 3.05) is 13.2 Å². The molecular formula is C19H23N3O3. The molecule has 6 nitrogen and oxygen atoms in total. The van der Waals surface area contributed by atoms with Crippen LogP contribution in [-0.4, -0.2) is 28.7 Å². The minimum Gasteiger partial charge on any atom is -0.491 e. The smallest absolute Gasteiger partial charge is 0.358 e. The minimum atomic E-state index is -0.448. The number of hydrogen-bond acceptors (Lipinski definition) is 5. The lowest BCUT2D eigenvalue weighted by Gasteiger charge is -2.13. The maximum absolute atomic E-state index is 11.8. The number of nitriles is 1. The average Bonchev–Trinajstić information content (AvgIpc) is 3.11. The Morgan fingerprint density at radius 2 is 2.12 bits per heavy atom. The maximum Gasteiger partial charge on any atom is 0.358 e. The Balaban J connectivity index is 2.08. The molecule has 0 saturated carbocycles. The zero-order valence-corrected chi connectivity index (χ0v) is 14.6. The third-order valence-electron chi connectivity index (χ3n) is 3.75. The lowest BCUT2D eigenvalue weighted by Crippen LogP contribution is -2.07. The molecule has 0 N–H and O–H groups in total. The number of carbonyl (C=O) groups excluding carboxylic acids is 1. The highest BCUT2D eigenvalue weighted by Crippen LogP contribution is 2.23. The van der Waals surface area contributed by atoms with Gasteiger partial charge in [-0.15, -0.1) is 0 Å². The van der Waals surface area contributed by atoms with Crippen molar-refractivity contribution in [1.29, 1.82) is 5.26 Å². The lowest BCUT2D eigenvalue weighted by molar-refractivity contribution is 0.0520. The molecule has 0 aliphatic heterocycles. The largest absolute Gasteiger partial charge is 0.491 e. The Hall–Kier alpha value is -2.81. The molecule has 1 heterocycles. The van der Waals surface area contributed by atoms with E-state index in [0.717, 1.165) is 18.5 Å². The minimum absolute atomic E-state index is 0.0147. The summed E-state index contributed by atoms with van der Waals surface area (Å²) >= 11 is 0. The molecular weight excluding hydrogens is 318 g/mol. The maximum atomic E-state index is 11.8. The lowest BCUT2D eigenvalue weighted by atomic mass is 10.0. The Bertz CT molecular complexity index is 734. The highest BCUT2D eigenvalue weighted by molar-refractivity contribution is 5.87. The van der Waals surface area contributed by atoms with Crippen LogP contribution in [0.15, 0.2) is 36.8 Å². The first-order chi connectivity index (χ1) is 12.2. The summed E-state index contributed by atoms with van der Waals surface area (Å²) < 4.78 is 12.6. The fourth-order valence-corrected chi connectivity index (χ4v) is 2.49. The normalized spacial score (nSPS) is 11.6. The van der Waals surface area contributed by atoms with Gasteiger partial charge in [0.2, 0.25) is 0 Å². The van der Waals surface area contributed by atoms with Gasteiger partial charge < -0.3 is 14.0 Å². The predicted molar refractivity (Wildman–Crippen MR) is 93.6 cm³/mol. The molecule has 2 aromatic rings. The first-order valence-electron chi connectivity index (χ1n) is 8.52. The van der Waals surface area contributed by atoms with E-state index in [2.05, 4.69) is 18.0 Å². The molecule has 0 saturated heterocycles. The van der Waals surface area contributed by atoms with E-state index >= 15 is 0 Å². The highest BCUT2D eigenvalue weighted by atomic mass is 16.5. The number of carbonyl (C=O) groups is 1. The van der Waals surface area contributed by atoms with Crippen molar-refractivity contribution in [3.8, 4) is 17.5 Å². The van der Waals surface area contributed by atoms with E-state index in [4.69, 9.17) is 14.7 Å². The van der Waals surface area contributed by atoms with Gasteiger partial charge in [-0.3, -0.25) is 0 Å². The molecule has 1 aromatic heterocycles. The molecule has 132 valence electrons. The van der Waals surface area contributed by atoms with Gasteiger partial charge in [-0.2, -0.15) is 5.26 Å². The fraction of sp³-hybridized carbons (Fsp3) is 0.421. The van der Waals surface area contributed by atoms with Crippen LogP contribution in [-0.2, 0) is 4.74 Å². The standard InChI is InChI=1S/C19H23N3O3/c1-3-7-15(12-20)10-11-25-18-9-6-5-8-17(18)22-13-16(21-14-22)19(23)24-4-2/h5-6,8-9,13-15H,3-4,7,10-11H2,1-2H3. The quantitative estimate of drug-likeness (QED) is 0.649. The van der Waals surface area contributed by atoms with Gasteiger partial charge in [-0.25, -0.2) is 9.78 Å². The van der Waals surface area contributed by atoms with E-state index in [-0.39, 0.29) is 11.6 Å². The van der Waals surface area contributed by atoms with E-state index in [1.165, 1.54) is 0 Å². The van der Waals surface area contributed by atoms with Crippen LogP contribution in [0.3, 0.4) is 0 Å². The van der Waals surface area contributed by atoms with Crippen LogP contribution >= 0.6 is 0 Å². The second-order valence-electron chi connectivity index (χ2n) is 5.61. The summed E-state index contributed by atoms with van der Waals surface area (Å²) in [5, 5.41) is 9.12. The van der Waals surface area contributed by atoms with Crippen molar-refractivity contribution in [3.05, 3.63) is 42.5 Å². The number of para-hydroxylation sites is 2. The topological polar surface area (TPSA) is 77.1 Å². The van der Waals surface area contributed by atoms with Crippen LogP contribution < -0.4 is 4.74 Å². The van der Waals surface area contributed by atoms with Crippen molar-refractivity contribution in [1.82, 2.24) is 9.55 Å². The highest BCUT2D eigenvalue weighted by Gasteiger charge is 2.13. The van der Waals surface area contributed by atoms with Crippen LogP contribution in [0.1, 0.15) is 43.6 Å². The van der Waals surface area contributed by atoms with E-state index in [0.29, 0.717) is 25.4 Å². The molecule has 0 bridgehead atoms. The van der Waals surface area contributed by atoms with Gasteiger partial charge in [-0.1, -0.05) is 25.5 Å². The van der Waals surface area contributed by atoms with Crippen molar-refractivity contribution in [2.45, 2.75) is 33.1 Å². The van der Waals surface area contributed by atoms with Gasteiger partial charge in [0.05, 0.1) is 25.0 Å². The third-order valence-corrected chi connectivity index (χ3v) is 3.75. The number of imidazole rings is 1. The van der Waals surface area contributed by atoms with Crippen molar-refractivity contribution >= 4 is 5.97 Å². The molecule has 1 unspecified atom stereocenters. The molecule has 0 radical (unpaired) electrons. The van der Waals surface area contributed by atoms with Gasteiger partial charge in [0, 0.05) is 12.1 Å². The number of ether oxygens (including phenoxy) is 2. The molecule has 25 heavy (non-hydrogen) atoms. The molecule has 6 heteroatoms. The number of rotatable bonds is 9. The number of aromatic nitrogens is 2. The zero-order chi connectivity index (χ0) is 18.1. The molecule has 0 aliphatic carbocycles. The van der Waals surface area contributed by atoms with Crippen LogP contribution in [0.4, 0.5) is 0 Å². The number of hydrogen-bond donors (Lipinski definition) is 0. The molecule has 0 spiro atoms. The SMILES string of the molecule is CCCC(C#N)CCOc1ccccc1-n1cnc(C(=O)OCC)c1. The van der Waals surface area contributed by atoms with E-state index in [9.17, 15) is 4.79 Å². The van der Waals surface area contributed by atoms with Gasteiger partial charge in [-0.05, 0) is 31.9 Å². The van der Waals surface area contributed by atoms with Crippen LogP contribution in [0.5, 0.6) is 5.75 Å². The number of nitrogens with zero attached hydrogens (tertiary/aromatic N) is 3. The molecule has 0 aliphatic rings. The average molecular weight is 341 g/mol. The monoisotopic (exact) mass is 341 g/mol. The summed E-state index contributed by atoms with van der Waals surface area (Å²) in [4.78, 5) is 15.8. The summed E-state index contributed by atoms with van der Waals surface area (Å²) in [6, 6.07) is 9.84. The molecule has 0 amide bonds. The first-order valence-corrected chi connectivity index (χ1v) is 8.52.